The first kappa shape index (κ1) is 38.7. The number of hydrogen-bond donors (Lipinski definition) is 1. The highest BCUT2D eigenvalue weighted by Gasteiger charge is 2.09. The Morgan fingerprint density at radius 3 is 1.13 bits per heavy atom. The van der Waals surface area contributed by atoms with Gasteiger partial charge in [-0.1, -0.05) is 84.0 Å². The van der Waals surface area contributed by atoms with Crippen molar-refractivity contribution in [1.82, 2.24) is 0 Å². The summed E-state index contributed by atoms with van der Waals surface area (Å²) in [7, 11) is 11.3. The maximum absolute atomic E-state index is 5.38. The molecule has 0 amide bonds. The van der Waals surface area contributed by atoms with Crippen molar-refractivity contribution in [3.63, 3.8) is 0 Å². The summed E-state index contributed by atoms with van der Waals surface area (Å²) in [5, 5.41) is 0. The molecule has 0 radical (unpaired) electrons. The van der Waals surface area contributed by atoms with Gasteiger partial charge in [0.1, 0.15) is 0 Å². The van der Waals surface area contributed by atoms with E-state index in [0.717, 1.165) is 21.9 Å². The summed E-state index contributed by atoms with van der Waals surface area (Å²) in [5.41, 5.74) is 5.38. The second kappa shape index (κ2) is 26.7. The third kappa shape index (κ3) is 38.1. The molecule has 0 aliphatic heterocycles. The average molecular weight is 487 g/mol. The molecule has 0 aliphatic rings. The second-order valence-corrected chi connectivity index (χ2v) is 10.7. The normalized spacial score (nSPS) is 11.2. The van der Waals surface area contributed by atoms with Crippen molar-refractivity contribution in [1.29, 1.82) is 0 Å². The average Bonchev–Trinajstić information content (AvgIpc) is 2.66. The third-order valence-electron chi connectivity index (χ3n) is 6.01. The molecular formula is C26H61Cl2N3. The minimum atomic E-state index is 0. The molecule has 31 heavy (non-hydrogen) atoms. The van der Waals surface area contributed by atoms with Crippen LogP contribution in [0.15, 0.2) is 0 Å². The zero-order valence-corrected chi connectivity index (χ0v) is 24.2. The molecule has 0 aromatic carbocycles. The Morgan fingerprint density at radius 2 is 0.839 bits per heavy atom. The molecule has 0 aliphatic carbocycles. The predicted octanol–water partition coefficient (Wildman–Crippen LogP) is 0.613. The molecule has 0 aromatic rings. The number of halogens is 2. The summed E-state index contributed by atoms with van der Waals surface area (Å²) < 4.78 is 2.22. The smallest absolute Gasteiger partial charge is 0.0794 e. The Hall–Kier alpha value is 0.460. The van der Waals surface area contributed by atoms with Crippen LogP contribution in [0.25, 0.3) is 0 Å². The lowest BCUT2D eigenvalue weighted by atomic mass is 10.0. The van der Waals surface area contributed by atoms with Crippen molar-refractivity contribution >= 4 is 0 Å². The number of quaternary nitrogens is 2. The summed E-state index contributed by atoms with van der Waals surface area (Å²) in [6.45, 7) is 9.05. The van der Waals surface area contributed by atoms with Crippen LogP contribution in [0.3, 0.4) is 0 Å². The van der Waals surface area contributed by atoms with Gasteiger partial charge < -0.3 is 39.5 Å². The largest absolute Gasteiger partial charge is 1.00 e. The van der Waals surface area contributed by atoms with Crippen LogP contribution < -0.4 is 30.5 Å². The Bertz CT molecular complexity index is 318. The van der Waals surface area contributed by atoms with Gasteiger partial charge in [0.15, 0.2) is 0 Å². The molecule has 0 aromatic heterocycles. The van der Waals surface area contributed by atoms with Gasteiger partial charge in [0.25, 0.3) is 0 Å². The van der Waals surface area contributed by atoms with Gasteiger partial charge in [-0.2, -0.15) is 0 Å². The number of rotatable bonds is 19. The SMILES string of the molecule is CCCCCCCCCCCCCCCC[N+](C)(C)C.CC[N+](C)(C)CCCN.[Cl-].[Cl-]. The first-order valence-corrected chi connectivity index (χ1v) is 13.0. The van der Waals surface area contributed by atoms with Gasteiger partial charge in [-0.25, -0.2) is 0 Å². The van der Waals surface area contributed by atoms with E-state index >= 15 is 0 Å². The van der Waals surface area contributed by atoms with E-state index in [9.17, 15) is 0 Å². The highest BCUT2D eigenvalue weighted by Crippen LogP contribution is 2.13. The number of unbranched alkanes of at least 4 members (excludes halogenated alkanes) is 13. The maximum atomic E-state index is 5.38. The maximum Gasteiger partial charge on any atom is 0.0794 e. The molecule has 0 unspecified atom stereocenters. The van der Waals surface area contributed by atoms with Crippen molar-refractivity contribution in [3.8, 4) is 0 Å². The van der Waals surface area contributed by atoms with Crippen LogP contribution in [-0.4, -0.2) is 70.4 Å². The van der Waals surface area contributed by atoms with E-state index in [1.807, 2.05) is 0 Å². The summed E-state index contributed by atoms with van der Waals surface area (Å²) in [5.74, 6) is 0. The summed E-state index contributed by atoms with van der Waals surface area (Å²) in [6, 6.07) is 0. The van der Waals surface area contributed by atoms with E-state index < -0.39 is 0 Å². The molecule has 3 nitrogen and oxygen atoms in total. The molecule has 0 fully saturated rings. The first-order chi connectivity index (χ1) is 13.7. The minimum absolute atomic E-state index is 0. The lowest BCUT2D eigenvalue weighted by molar-refractivity contribution is -0.888. The Labute approximate surface area is 210 Å². The number of nitrogens with two attached hydrogens (primary N) is 1. The lowest BCUT2D eigenvalue weighted by Gasteiger charge is -2.27. The molecule has 0 spiro atoms. The fraction of sp³-hybridized carbons (Fsp3) is 1.00. The quantitative estimate of drug-likeness (QED) is 0.210. The highest BCUT2D eigenvalue weighted by molar-refractivity contribution is 4.49. The molecule has 5 heteroatoms. The van der Waals surface area contributed by atoms with Crippen LogP contribution in [0.1, 0.15) is 110 Å². The minimum Gasteiger partial charge on any atom is -1.00 e. The highest BCUT2D eigenvalue weighted by atomic mass is 35.5. The standard InChI is InChI=1S/C19H42N.C7H19N2.2ClH/c1-5-6-7-8-9-10-11-12-13-14-15-16-17-18-19-20(2,3)4;1-4-9(2,3)7-5-6-8;;/h5-19H2,1-4H3;4-8H2,1-3H3;2*1H/q2*+1;;/p-2. The zero-order valence-electron chi connectivity index (χ0n) is 22.7. The van der Waals surface area contributed by atoms with Crippen molar-refractivity contribution in [2.24, 2.45) is 5.73 Å². The van der Waals surface area contributed by atoms with Crippen molar-refractivity contribution in [2.45, 2.75) is 110 Å². The molecule has 0 saturated heterocycles. The van der Waals surface area contributed by atoms with Gasteiger partial charge in [0.05, 0.1) is 54.9 Å². The topological polar surface area (TPSA) is 26.0 Å². The van der Waals surface area contributed by atoms with Crippen molar-refractivity contribution in [3.05, 3.63) is 0 Å². The van der Waals surface area contributed by atoms with Crippen LogP contribution in [0.5, 0.6) is 0 Å². The molecule has 0 heterocycles. The van der Waals surface area contributed by atoms with E-state index in [2.05, 4.69) is 49.1 Å². The molecular weight excluding hydrogens is 425 g/mol. The monoisotopic (exact) mass is 485 g/mol. The number of hydrogen-bond acceptors (Lipinski definition) is 1. The van der Waals surface area contributed by atoms with E-state index in [1.54, 1.807) is 0 Å². The van der Waals surface area contributed by atoms with E-state index in [-0.39, 0.29) is 24.8 Å². The van der Waals surface area contributed by atoms with Gasteiger partial charge in [-0.3, -0.25) is 0 Å². The fourth-order valence-corrected chi connectivity index (χ4v) is 3.46. The Morgan fingerprint density at radius 1 is 0.484 bits per heavy atom. The third-order valence-corrected chi connectivity index (χ3v) is 6.01. The van der Waals surface area contributed by atoms with Crippen molar-refractivity contribution < 1.29 is 33.8 Å². The zero-order chi connectivity index (χ0) is 22.4. The van der Waals surface area contributed by atoms with E-state index in [1.165, 1.54) is 110 Å². The molecule has 0 rings (SSSR count). The van der Waals surface area contributed by atoms with Gasteiger partial charge in [-0.15, -0.1) is 0 Å². The van der Waals surface area contributed by atoms with Crippen LogP contribution in [0.4, 0.5) is 0 Å². The molecule has 194 valence electrons. The van der Waals surface area contributed by atoms with Gasteiger partial charge >= 0.3 is 0 Å². The Balaban J connectivity index is -0.000000282. The van der Waals surface area contributed by atoms with Gasteiger partial charge in [-0.05, 0) is 26.3 Å². The summed E-state index contributed by atoms with van der Waals surface area (Å²) in [4.78, 5) is 0. The Kier molecular flexibility index (Phi) is 33.4. The molecule has 0 saturated carbocycles. The van der Waals surface area contributed by atoms with E-state index in [4.69, 9.17) is 5.73 Å². The molecule has 0 bridgehead atoms. The van der Waals surface area contributed by atoms with E-state index in [0.29, 0.717) is 0 Å². The second-order valence-electron chi connectivity index (χ2n) is 10.7. The van der Waals surface area contributed by atoms with Crippen LogP contribution >= 0.6 is 0 Å². The van der Waals surface area contributed by atoms with Crippen LogP contribution in [0.2, 0.25) is 0 Å². The fourth-order valence-electron chi connectivity index (χ4n) is 3.46. The van der Waals surface area contributed by atoms with Gasteiger partial charge in [0, 0.05) is 6.42 Å². The number of nitrogens with zero attached hydrogens (tertiary/aromatic N) is 2. The van der Waals surface area contributed by atoms with Gasteiger partial charge in [0.2, 0.25) is 0 Å². The first-order valence-electron chi connectivity index (χ1n) is 13.0. The summed E-state index contributed by atoms with van der Waals surface area (Å²) >= 11 is 0. The lowest BCUT2D eigenvalue weighted by Crippen LogP contribution is -3.00. The van der Waals surface area contributed by atoms with Crippen LogP contribution in [0, 0.1) is 0 Å². The van der Waals surface area contributed by atoms with Crippen LogP contribution in [-0.2, 0) is 0 Å². The molecule has 0 atom stereocenters. The predicted molar refractivity (Wildman–Crippen MR) is 134 cm³/mol. The molecule has 2 N–H and O–H groups in total. The summed E-state index contributed by atoms with van der Waals surface area (Å²) in [6.07, 6.45) is 21.5. The van der Waals surface area contributed by atoms with Crippen molar-refractivity contribution in [2.75, 3.05) is 61.4 Å².